The van der Waals surface area contributed by atoms with Crippen molar-refractivity contribution in [2.45, 2.75) is 83.2 Å². The van der Waals surface area contributed by atoms with Crippen LogP contribution in [0.15, 0.2) is 30.3 Å². The Morgan fingerprint density at radius 2 is 1.40 bits per heavy atom. The lowest BCUT2D eigenvalue weighted by molar-refractivity contribution is 0.0963. The van der Waals surface area contributed by atoms with Gasteiger partial charge in [-0.3, -0.25) is 0 Å². The van der Waals surface area contributed by atoms with Gasteiger partial charge in [-0.05, 0) is 112 Å². The van der Waals surface area contributed by atoms with Crippen LogP contribution in [0.25, 0.3) is 0 Å². The average Bonchev–Trinajstić information content (AvgIpc) is 2.86. The van der Waals surface area contributed by atoms with Gasteiger partial charge in [0.15, 0.2) is 23.2 Å². The number of aliphatic hydroxyl groups excluding tert-OH is 1. The van der Waals surface area contributed by atoms with Gasteiger partial charge in [-0.1, -0.05) is 12.1 Å². The molecule has 1 unspecified atom stereocenters. The Balaban J connectivity index is 1.30. The molecule has 0 radical (unpaired) electrons. The van der Waals surface area contributed by atoms with Gasteiger partial charge >= 0.3 is 0 Å². The van der Waals surface area contributed by atoms with E-state index in [1.54, 1.807) is 38.1 Å². The van der Waals surface area contributed by atoms with Crippen LogP contribution in [0.4, 0.5) is 13.2 Å². The first-order valence-corrected chi connectivity index (χ1v) is 13.1. The van der Waals surface area contributed by atoms with E-state index in [0.29, 0.717) is 36.0 Å². The molecule has 0 aliphatic heterocycles. The van der Waals surface area contributed by atoms with Gasteiger partial charge < -0.3 is 14.6 Å². The highest BCUT2D eigenvalue weighted by Crippen LogP contribution is 2.42. The van der Waals surface area contributed by atoms with Gasteiger partial charge in [-0.25, -0.2) is 13.2 Å². The zero-order valence-corrected chi connectivity index (χ0v) is 20.7. The molecule has 2 aliphatic rings. The maximum Gasteiger partial charge on any atom is 0.168 e. The Morgan fingerprint density at radius 3 is 1.91 bits per heavy atom. The molecule has 0 spiro atoms. The van der Waals surface area contributed by atoms with Crippen LogP contribution < -0.4 is 9.47 Å². The summed E-state index contributed by atoms with van der Waals surface area (Å²) in [5.41, 5.74) is 0.969. The minimum absolute atomic E-state index is 0.00342. The predicted molar refractivity (Wildman–Crippen MR) is 131 cm³/mol. The molecule has 0 amide bonds. The molecular weight excluding hydrogens is 453 g/mol. The Hall–Kier alpha value is -2.21. The molecule has 0 heterocycles. The number of benzene rings is 2. The van der Waals surface area contributed by atoms with Crippen molar-refractivity contribution < 1.29 is 27.8 Å². The monoisotopic (exact) mass is 490 g/mol. The maximum absolute atomic E-state index is 15.1. The lowest BCUT2D eigenvalue weighted by Gasteiger charge is -2.32. The Bertz CT molecular complexity index is 977. The topological polar surface area (TPSA) is 38.7 Å². The van der Waals surface area contributed by atoms with Crippen molar-refractivity contribution in [3.05, 3.63) is 58.9 Å². The normalized spacial score (nSPS) is 25.8. The van der Waals surface area contributed by atoms with Crippen LogP contribution in [-0.2, 0) is 0 Å². The van der Waals surface area contributed by atoms with Crippen LogP contribution in [0.1, 0.15) is 88.2 Å². The third kappa shape index (κ3) is 6.14. The van der Waals surface area contributed by atoms with Gasteiger partial charge in [0.25, 0.3) is 0 Å². The van der Waals surface area contributed by atoms with E-state index in [9.17, 15) is 9.50 Å². The average molecular weight is 491 g/mol. The molecule has 6 heteroatoms. The van der Waals surface area contributed by atoms with E-state index in [-0.39, 0.29) is 29.6 Å². The first kappa shape index (κ1) is 25.9. The van der Waals surface area contributed by atoms with E-state index in [0.717, 1.165) is 51.4 Å². The van der Waals surface area contributed by atoms with Gasteiger partial charge in [0.05, 0.1) is 19.3 Å². The summed E-state index contributed by atoms with van der Waals surface area (Å²) in [7, 11) is 0. The molecule has 0 saturated heterocycles. The fourth-order valence-electron chi connectivity index (χ4n) is 5.82. The maximum atomic E-state index is 15.1. The second kappa shape index (κ2) is 11.7. The molecule has 2 fully saturated rings. The molecule has 3 nitrogen and oxygen atoms in total. The molecule has 1 atom stereocenters. The van der Waals surface area contributed by atoms with Crippen LogP contribution in [0.5, 0.6) is 11.5 Å². The summed E-state index contributed by atoms with van der Waals surface area (Å²) in [6.45, 7) is 4.49. The molecule has 1 N–H and O–H groups in total. The van der Waals surface area contributed by atoms with E-state index < -0.39 is 17.5 Å². The summed E-state index contributed by atoms with van der Waals surface area (Å²) in [6.07, 6.45) is 6.20. The number of rotatable bonds is 8. The van der Waals surface area contributed by atoms with E-state index in [1.807, 2.05) is 0 Å². The summed E-state index contributed by atoms with van der Waals surface area (Å²) in [6, 6.07) is 8.20. The lowest BCUT2D eigenvalue weighted by Crippen LogP contribution is -2.23. The molecule has 4 rings (SSSR count). The molecule has 0 aromatic heterocycles. The first-order valence-electron chi connectivity index (χ1n) is 13.1. The minimum Gasteiger partial charge on any atom is -0.493 e. The van der Waals surface area contributed by atoms with Crippen LogP contribution in [0.3, 0.4) is 0 Å². The third-order valence-corrected chi connectivity index (χ3v) is 8.01. The smallest absolute Gasteiger partial charge is 0.168 e. The highest BCUT2D eigenvalue weighted by molar-refractivity contribution is 5.33. The predicted octanol–water partition coefficient (Wildman–Crippen LogP) is 7.51. The Morgan fingerprint density at radius 1 is 0.829 bits per heavy atom. The third-order valence-electron chi connectivity index (χ3n) is 8.01. The quantitative estimate of drug-likeness (QED) is 0.416. The van der Waals surface area contributed by atoms with E-state index >= 15 is 8.78 Å². The molecule has 2 saturated carbocycles. The summed E-state index contributed by atoms with van der Waals surface area (Å²) < 4.78 is 55.2. The first-order chi connectivity index (χ1) is 16.9. The fraction of sp³-hybridized carbons (Fsp3) is 0.586. The van der Waals surface area contributed by atoms with Crippen molar-refractivity contribution in [2.75, 3.05) is 13.2 Å². The van der Waals surface area contributed by atoms with Crippen LogP contribution in [0, 0.1) is 29.3 Å². The van der Waals surface area contributed by atoms with Crippen molar-refractivity contribution in [1.29, 1.82) is 0 Å². The number of ether oxygens (including phenoxy) is 2. The zero-order chi connectivity index (χ0) is 24.9. The number of aliphatic hydroxyl groups is 1. The van der Waals surface area contributed by atoms with Crippen molar-refractivity contribution in [3.63, 3.8) is 0 Å². The SMILES string of the molecule is CCOc1ccc(OCC2CCC(c3ccc(C4CCC(C(C)O)CC4)c(F)c3F)CC2)cc1F. The summed E-state index contributed by atoms with van der Waals surface area (Å²) in [4.78, 5) is 0. The molecule has 35 heavy (non-hydrogen) atoms. The summed E-state index contributed by atoms with van der Waals surface area (Å²) in [5.74, 6) is -0.547. The second-order valence-electron chi connectivity index (χ2n) is 10.3. The highest BCUT2D eigenvalue weighted by atomic mass is 19.2. The molecule has 0 bridgehead atoms. The van der Waals surface area contributed by atoms with Crippen molar-refractivity contribution in [3.8, 4) is 11.5 Å². The van der Waals surface area contributed by atoms with Crippen molar-refractivity contribution >= 4 is 0 Å². The summed E-state index contributed by atoms with van der Waals surface area (Å²) in [5, 5.41) is 9.80. The summed E-state index contributed by atoms with van der Waals surface area (Å²) >= 11 is 0. The molecular formula is C29H37F3O3. The standard InChI is InChI=1S/C29H37F3O3/c1-3-34-27-15-12-23(16-26(27)30)35-17-19-4-6-21(7-5-19)24-13-14-25(29(32)28(24)31)22-10-8-20(9-11-22)18(2)33/h12-16,18-22,33H,3-11,17H2,1-2H3. The van der Waals surface area contributed by atoms with Gasteiger partial charge in [0.2, 0.25) is 0 Å². The van der Waals surface area contributed by atoms with Crippen LogP contribution in [0.2, 0.25) is 0 Å². The van der Waals surface area contributed by atoms with Gasteiger partial charge in [-0.2, -0.15) is 0 Å². The lowest BCUT2D eigenvalue weighted by atomic mass is 9.75. The van der Waals surface area contributed by atoms with Crippen molar-refractivity contribution in [1.82, 2.24) is 0 Å². The van der Waals surface area contributed by atoms with Gasteiger partial charge in [0.1, 0.15) is 5.75 Å². The van der Waals surface area contributed by atoms with Crippen molar-refractivity contribution in [2.24, 2.45) is 11.8 Å². The van der Waals surface area contributed by atoms with Crippen LogP contribution >= 0.6 is 0 Å². The van der Waals surface area contributed by atoms with Gasteiger partial charge in [0, 0.05) is 6.07 Å². The van der Waals surface area contributed by atoms with E-state index in [2.05, 4.69) is 0 Å². The molecule has 2 aromatic rings. The minimum atomic E-state index is -0.690. The van der Waals surface area contributed by atoms with Gasteiger partial charge in [-0.15, -0.1) is 0 Å². The second-order valence-corrected chi connectivity index (χ2v) is 10.3. The number of hydrogen-bond acceptors (Lipinski definition) is 3. The molecule has 2 aromatic carbocycles. The van der Waals surface area contributed by atoms with Crippen LogP contribution in [-0.4, -0.2) is 24.4 Å². The highest BCUT2D eigenvalue weighted by Gasteiger charge is 2.30. The number of hydrogen-bond donors (Lipinski definition) is 1. The fourth-order valence-corrected chi connectivity index (χ4v) is 5.82. The Labute approximate surface area is 206 Å². The largest absolute Gasteiger partial charge is 0.493 e. The molecule has 192 valence electrons. The zero-order valence-electron chi connectivity index (χ0n) is 20.7. The van der Waals surface area contributed by atoms with E-state index in [4.69, 9.17) is 9.47 Å². The molecule has 2 aliphatic carbocycles. The number of halogens is 3. The Kier molecular flexibility index (Phi) is 8.64. The van der Waals surface area contributed by atoms with E-state index in [1.165, 1.54) is 6.07 Å².